The van der Waals surface area contributed by atoms with Crippen LogP contribution in [0.1, 0.15) is 43.8 Å². The highest BCUT2D eigenvalue weighted by Gasteiger charge is 2.21. The molecule has 0 bridgehead atoms. The third kappa shape index (κ3) is 3.26. The molecule has 0 amide bonds. The molecule has 1 N–H and O–H groups in total. The Bertz CT molecular complexity index is 330. The fourth-order valence-corrected chi connectivity index (χ4v) is 2.13. The van der Waals surface area contributed by atoms with Crippen LogP contribution < -0.4 is 5.32 Å². The Balaban J connectivity index is 1.94. The summed E-state index contributed by atoms with van der Waals surface area (Å²) in [7, 11) is 1.96. The van der Waals surface area contributed by atoms with Gasteiger partial charge in [0.1, 0.15) is 0 Å². The third-order valence-electron chi connectivity index (χ3n) is 3.39. The van der Waals surface area contributed by atoms with E-state index in [1.54, 1.807) is 0 Å². The molecule has 0 radical (unpaired) electrons. The molecule has 0 saturated carbocycles. The topological polar surface area (TPSA) is 60.2 Å². The minimum absolute atomic E-state index is 0.413. The molecule has 5 heteroatoms. The van der Waals surface area contributed by atoms with E-state index >= 15 is 0 Å². The largest absolute Gasteiger partial charge is 0.381 e. The predicted octanol–water partition coefficient (Wildman–Crippen LogP) is 1.50. The maximum Gasteiger partial charge on any atom is 0.228 e. The van der Waals surface area contributed by atoms with Gasteiger partial charge in [-0.15, -0.1) is 0 Å². The number of aromatic nitrogens is 2. The molecule has 1 fully saturated rings. The number of nitrogens with zero attached hydrogens (tertiary/aromatic N) is 2. The quantitative estimate of drug-likeness (QED) is 0.844. The van der Waals surface area contributed by atoms with Crippen LogP contribution in [0.5, 0.6) is 0 Å². The van der Waals surface area contributed by atoms with Crippen molar-refractivity contribution in [1.82, 2.24) is 15.5 Å². The van der Waals surface area contributed by atoms with E-state index in [0.29, 0.717) is 12.0 Å². The SMILES string of the molecule is CCC(Cc1nc(C2CCOCC2)no1)NC. The first-order chi connectivity index (χ1) is 8.33. The molecule has 0 spiro atoms. The summed E-state index contributed by atoms with van der Waals surface area (Å²) in [6, 6.07) is 0.415. The summed E-state index contributed by atoms with van der Waals surface area (Å²) < 4.78 is 10.6. The Morgan fingerprint density at radius 2 is 2.18 bits per heavy atom. The van der Waals surface area contributed by atoms with E-state index in [1.807, 2.05) is 7.05 Å². The molecule has 2 heterocycles. The van der Waals surface area contributed by atoms with Crippen LogP contribution in [-0.2, 0) is 11.2 Å². The van der Waals surface area contributed by atoms with Crippen molar-refractivity contribution < 1.29 is 9.26 Å². The molecule has 1 atom stereocenters. The molecule has 96 valence electrons. The van der Waals surface area contributed by atoms with Crippen LogP contribution in [0.4, 0.5) is 0 Å². The molecule has 1 aliphatic heterocycles. The zero-order chi connectivity index (χ0) is 12.1. The highest BCUT2D eigenvalue weighted by molar-refractivity contribution is 4.97. The maximum absolute atomic E-state index is 5.33. The van der Waals surface area contributed by atoms with E-state index < -0.39 is 0 Å². The Kier molecular flexibility index (Phi) is 4.50. The molecule has 0 aromatic carbocycles. The second-order valence-electron chi connectivity index (χ2n) is 4.53. The van der Waals surface area contributed by atoms with Gasteiger partial charge in [0.2, 0.25) is 5.89 Å². The highest BCUT2D eigenvalue weighted by Crippen LogP contribution is 2.24. The Morgan fingerprint density at radius 1 is 1.41 bits per heavy atom. The zero-order valence-electron chi connectivity index (χ0n) is 10.6. The van der Waals surface area contributed by atoms with Gasteiger partial charge in [-0.1, -0.05) is 12.1 Å². The highest BCUT2D eigenvalue weighted by atomic mass is 16.5. The molecule has 5 nitrogen and oxygen atoms in total. The van der Waals surface area contributed by atoms with Crippen LogP contribution in [0.2, 0.25) is 0 Å². The Morgan fingerprint density at radius 3 is 2.82 bits per heavy atom. The molecule has 0 aliphatic carbocycles. The van der Waals surface area contributed by atoms with Crippen LogP contribution in [0.3, 0.4) is 0 Å². The van der Waals surface area contributed by atoms with Crippen LogP contribution >= 0.6 is 0 Å². The van der Waals surface area contributed by atoms with Crippen molar-refractivity contribution in [2.45, 2.75) is 44.6 Å². The van der Waals surface area contributed by atoms with Crippen LogP contribution in [-0.4, -0.2) is 36.4 Å². The van der Waals surface area contributed by atoms with Crippen LogP contribution in [0.15, 0.2) is 4.52 Å². The van der Waals surface area contributed by atoms with Crippen molar-refractivity contribution in [3.05, 3.63) is 11.7 Å². The van der Waals surface area contributed by atoms with Crippen molar-refractivity contribution >= 4 is 0 Å². The lowest BCUT2D eigenvalue weighted by molar-refractivity contribution is 0.0830. The summed E-state index contributed by atoms with van der Waals surface area (Å²) >= 11 is 0. The Hall–Kier alpha value is -0.940. The van der Waals surface area contributed by atoms with Crippen molar-refractivity contribution in [2.75, 3.05) is 20.3 Å². The second-order valence-corrected chi connectivity index (χ2v) is 4.53. The summed E-state index contributed by atoms with van der Waals surface area (Å²) in [6.45, 7) is 3.77. The number of hydrogen-bond acceptors (Lipinski definition) is 5. The van der Waals surface area contributed by atoms with Gasteiger partial charge in [-0.2, -0.15) is 4.98 Å². The number of nitrogens with one attached hydrogen (secondary N) is 1. The van der Waals surface area contributed by atoms with Gasteiger partial charge in [-0.25, -0.2) is 0 Å². The third-order valence-corrected chi connectivity index (χ3v) is 3.39. The average Bonchev–Trinajstić information content (AvgIpc) is 2.85. The van der Waals surface area contributed by atoms with Gasteiger partial charge in [0.05, 0.1) is 0 Å². The average molecular weight is 239 g/mol. The van der Waals surface area contributed by atoms with E-state index in [4.69, 9.17) is 9.26 Å². The summed E-state index contributed by atoms with van der Waals surface area (Å²) in [5.41, 5.74) is 0. The Labute approximate surface area is 102 Å². The fraction of sp³-hybridized carbons (Fsp3) is 0.833. The first-order valence-electron chi connectivity index (χ1n) is 6.41. The minimum atomic E-state index is 0.413. The lowest BCUT2D eigenvalue weighted by Crippen LogP contribution is -2.26. The van der Waals surface area contributed by atoms with Gasteiger partial charge < -0.3 is 14.6 Å². The number of hydrogen-bond donors (Lipinski definition) is 1. The summed E-state index contributed by atoms with van der Waals surface area (Å²) in [4.78, 5) is 4.50. The van der Waals surface area contributed by atoms with Crippen molar-refractivity contribution in [3.8, 4) is 0 Å². The number of likely N-dealkylation sites (N-methyl/N-ethyl adjacent to an activating group) is 1. The van der Waals surface area contributed by atoms with Crippen molar-refractivity contribution in [1.29, 1.82) is 0 Å². The van der Waals surface area contributed by atoms with E-state index in [9.17, 15) is 0 Å². The van der Waals surface area contributed by atoms with Crippen LogP contribution in [0, 0.1) is 0 Å². The number of ether oxygens (including phenoxy) is 1. The van der Waals surface area contributed by atoms with Gasteiger partial charge in [-0.3, -0.25) is 0 Å². The van der Waals surface area contributed by atoms with E-state index in [2.05, 4.69) is 22.4 Å². The number of rotatable bonds is 5. The molecule has 2 rings (SSSR count). The molecular weight excluding hydrogens is 218 g/mol. The molecule has 1 aromatic heterocycles. The summed E-state index contributed by atoms with van der Waals surface area (Å²) in [5.74, 6) is 2.01. The molecule has 17 heavy (non-hydrogen) atoms. The van der Waals surface area contributed by atoms with Gasteiger partial charge in [0, 0.05) is 31.6 Å². The van der Waals surface area contributed by atoms with Crippen molar-refractivity contribution in [2.24, 2.45) is 0 Å². The monoisotopic (exact) mass is 239 g/mol. The standard InChI is InChI=1S/C12H21N3O2/c1-3-10(13-2)8-11-14-12(15-17-11)9-4-6-16-7-5-9/h9-10,13H,3-8H2,1-2H3. The predicted molar refractivity (Wildman–Crippen MR) is 63.9 cm³/mol. The molecule has 1 saturated heterocycles. The summed E-state index contributed by atoms with van der Waals surface area (Å²) in [6.07, 6.45) is 3.87. The molecule has 1 aromatic rings. The van der Waals surface area contributed by atoms with E-state index in [1.165, 1.54) is 0 Å². The fourth-order valence-electron chi connectivity index (χ4n) is 2.13. The molecular formula is C12H21N3O2. The van der Waals surface area contributed by atoms with Gasteiger partial charge in [0.15, 0.2) is 5.82 Å². The van der Waals surface area contributed by atoms with E-state index in [0.717, 1.165) is 50.6 Å². The molecule has 1 unspecified atom stereocenters. The van der Waals surface area contributed by atoms with E-state index in [-0.39, 0.29) is 0 Å². The summed E-state index contributed by atoms with van der Waals surface area (Å²) in [5, 5.41) is 7.33. The van der Waals surface area contributed by atoms with Gasteiger partial charge in [-0.05, 0) is 26.3 Å². The minimum Gasteiger partial charge on any atom is -0.381 e. The lowest BCUT2D eigenvalue weighted by Gasteiger charge is -2.18. The zero-order valence-corrected chi connectivity index (χ0v) is 10.6. The van der Waals surface area contributed by atoms with Gasteiger partial charge in [0.25, 0.3) is 0 Å². The van der Waals surface area contributed by atoms with Crippen molar-refractivity contribution in [3.63, 3.8) is 0 Å². The first kappa shape index (κ1) is 12.5. The first-order valence-corrected chi connectivity index (χ1v) is 6.41. The maximum atomic E-state index is 5.33. The van der Waals surface area contributed by atoms with Gasteiger partial charge >= 0.3 is 0 Å². The lowest BCUT2D eigenvalue weighted by atomic mass is 10.00. The normalized spacial score (nSPS) is 19.4. The second kappa shape index (κ2) is 6.12. The molecule has 1 aliphatic rings. The smallest absolute Gasteiger partial charge is 0.228 e. The van der Waals surface area contributed by atoms with Crippen LogP contribution in [0.25, 0.3) is 0 Å².